The number of nitrogens with one attached hydrogen (secondary N) is 1. The van der Waals surface area contributed by atoms with Gasteiger partial charge in [-0.2, -0.15) is 0 Å². The van der Waals surface area contributed by atoms with Crippen molar-refractivity contribution in [3.05, 3.63) is 30.0 Å². The van der Waals surface area contributed by atoms with Crippen molar-refractivity contribution in [1.82, 2.24) is 4.98 Å². The average molecular weight is 218 g/mol. The highest BCUT2D eigenvalue weighted by Crippen LogP contribution is 2.27. The molecule has 0 fully saturated rings. The number of methoxy groups -OCH3 is 1. The van der Waals surface area contributed by atoms with E-state index in [1.165, 1.54) is 0 Å². The van der Waals surface area contributed by atoms with Crippen LogP contribution in [0.1, 0.15) is 16.8 Å². The first-order valence-corrected chi connectivity index (χ1v) is 5.15. The predicted molar refractivity (Wildman–Crippen MR) is 62.9 cm³/mol. The smallest absolute Gasteiger partial charge is 0.166 e. The third-order valence-electron chi connectivity index (χ3n) is 2.57. The molecule has 84 valence electrons. The van der Waals surface area contributed by atoms with E-state index >= 15 is 0 Å². The average Bonchev–Trinajstić information content (AvgIpc) is 2.72. The molecule has 0 aliphatic heterocycles. The van der Waals surface area contributed by atoms with Crippen molar-refractivity contribution in [3.8, 4) is 5.75 Å². The van der Waals surface area contributed by atoms with E-state index in [4.69, 9.17) is 10.5 Å². The number of Topliss-reactive ketones (excluding diaryl/α,β-unsaturated/α-hetero) is 1. The normalized spacial score (nSPS) is 10.6. The van der Waals surface area contributed by atoms with Gasteiger partial charge in [0.1, 0.15) is 5.75 Å². The third-order valence-corrected chi connectivity index (χ3v) is 2.57. The number of rotatable bonds is 4. The molecule has 0 saturated heterocycles. The Hall–Kier alpha value is -1.81. The van der Waals surface area contributed by atoms with Crippen molar-refractivity contribution in [2.75, 3.05) is 13.7 Å². The Balaban J connectivity index is 2.53. The Morgan fingerprint density at radius 1 is 1.50 bits per heavy atom. The monoisotopic (exact) mass is 218 g/mol. The second-order valence-electron chi connectivity index (χ2n) is 3.55. The Bertz CT molecular complexity index is 517. The minimum absolute atomic E-state index is 0.0574. The fraction of sp³-hybridized carbons (Fsp3) is 0.250. The molecule has 0 bridgehead atoms. The number of aromatic nitrogens is 1. The summed E-state index contributed by atoms with van der Waals surface area (Å²) in [7, 11) is 1.61. The summed E-state index contributed by atoms with van der Waals surface area (Å²) in [6.45, 7) is 0.371. The third kappa shape index (κ3) is 1.67. The molecule has 0 radical (unpaired) electrons. The molecule has 2 rings (SSSR count). The van der Waals surface area contributed by atoms with Gasteiger partial charge in [-0.3, -0.25) is 4.79 Å². The van der Waals surface area contributed by atoms with E-state index in [-0.39, 0.29) is 5.78 Å². The topological polar surface area (TPSA) is 68.1 Å². The standard InChI is InChI=1S/C12H14N2O2/c1-16-11-4-2-3-8-9(7-14-12(8)11)10(15)5-6-13/h2-4,7,14H,5-6,13H2,1H3. The van der Waals surface area contributed by atoms with Crippen molar-refractivity contribution >= 4 is 16.7 Å². The first-order valence-electron chi connectivity index (χ1n) is 5.15. The number of para-hydroxylation sites is 1. The molecule has 0 atom stereocenters. The van der Waals surface area contributed by atoms with E-state index in [1.54, 1.807) is 13.3 Å². The van der Waals surface area contributed by atoms with Crippen molar-refractivity contribution in [1.29, 1.82) is 0 Å². The highest BCUT2D eigenvalue weighted by molar-refractivity contribution is 6.09. The Morgan fingerprint density at radius 3 is 3.00 bits per heavy atom. The SMILES string of the molecule is COc1cccc2c(C(=O)CCN)c[nH]c12. The predicted octanol–water partition coefficient (Wildman–Crippen LogP) is 1.71. The number of hydrogen-bond acceptors (Lipinski definition) is 3. The lowest BCUT2D eigenvalue weighted by Crippen LogP contribution is -2.07. The van der Waals surface area contributed by atoms with Crippen molar-refractivity contribution in [2.45, 2.75) is 6.42 Å². The number of nitrogens with two attached hydrogens (primary N) is 1. The number of fused-ring (bicyclic) bond motifs is 1. The number of carbonyl (C=O) groups excluding carboxylic acids is 1. The fourth-order valence-electron chi connectivity index (χ4n) is 1.79. The van der Waals surface area contributed by atoms with Gasteiger partial charge in [-0.05, 0) is 12.6 Å². The van der Waals surface area contributed by atoms with E-state index in [0.29, 0.717) is 18.5 Å². The number of hydrogen-bond donors (Lipinski definition) is 2. The summed E-state index contributed by atoms with van der Waals surface area (Å²) in [5, 5.41) is 0.887. The van der Waals surface area contributed by atoms with E-state index in [9.17, 15) is 4.79 Å². The molecule has 0 aliphatic carbocycles. The van der Waals surface area contributed by atoms with Crippen LogP contribution < -0.4 is 10.5 Å². The highest BCUT2D eigenvalue weighted by Gasteiger charge is 2.13. The van der Waals surface area contributed by atoms with E-state index in [1.807, 2.05) is 18.2 Å². The van der Waals surface area contributed by atoms with Gasteiger partial charge in [0.05, 0.1) is 12.6 Å². The van der Waals surface area contributed by atoms with Crippen molar-refractivity contribution < 1.29 is 9.53 Å². The van der Waals surface area contributed by atoms with Crippen LogP contribution in [-0.2, 0) is 0 Å². The minimum Gasteiger partial charge on any atom is -0.495 e. The molecule has 4 nitrogen and oxygen atoms in total. The molecule has 4 heteroatoms. The Labute approximate surface area is 93.4 Å². The molecule has 1 aromatic heterocycles. The highest BCUT2D eigenvalue weighted by atomic mass is 16.5. The second-order valence-corrected chi connectivity index (χ2v) is 3.55. The van der Waals surface area contributed by atoms with Crippen LogP contribution in [0.15, 0.2) is 24.4 Å². The quantitative estimate of drug-likeness (QED) is 0.767. The lowest BCUT2D eigenvalue weighted by Gasteiger charge is -2.01. The van der Waals surface area contributed by atoms with Gasteiger partial charge in [-0.15, -0.1) is 0 Å². The maximum Gasteiger partial charge on any atom is 0.166 e. The number of benzene rings is 1. The molecular weight excluding hydrogens is 204 g/mol. The summed E-state index contributed by atoms with van der Waals surface area (Å²) in [6, 6.07) is 5.63. The van der Waals surface area contributed by atoms with Gasteiger partial charge in [0.15, 0.2) is 5.78 Å². The molecule has 16 heavy (non-hydrogen) atoms. The molecule has 0 aliphatic rings. The van der Waals surface area contributed by atoms with Gasteiger partial charge < -0.3 is 15.5 Å². The van der Waals surface area contributed by atoms with E-state index in [0.717, 1.165) is 16.7 Å². The number of ketones is 1. The number of H-pyrrole nitrogens is 1. The molecular formula is C12H14N2O2. The molecule has 0 saturated carbocycles. The zero-order valence-corrected chi connectivity index (χ0v) is 9.12. The fourth-order valence-corrected chi connectivity index (χ4v) is 1.79. The van der Waals surface area contributed by atoms with E-state index < -0.39 is 0 Å². The first-order chi connectivity index (χ1) is 7.77. The summed E-state index contributed by atoms with van der Waals surface area (Å²) in [6.07, 6.45) is 2.08. The Morgan fingerprint density at radius 2 is 2.31 bits per heavy atom. The minimum atomic E-state index is 0.0574. The van der Waals surface area contributed by atoms with Gasteiger partial charge in [-0.25, -0.2) is 0 Å². The number of carbonyl (C=O) groups is 1. The molecule has 2 aromatic rings. The van der Waals surface area contributed by atoms with Crippen molar-refractivity contribution in [3.63, 3.8) is 0 Å². The van der Waals surface area contributed by atoms with Crippen LogP contribution in [0, 0.1) is 0 Å². The summed E-state index contributed by atoms with van der Waals surface area (Å²) < 4.78 is 5.21. The summed E-state index contributed by atoms with van der Waals surface area (Å²) in [4.78, 5) is 14.8. The van der Waals surface area contributed by atoms with Crippen LogP contribution in [0.5, 0.6) is 5.75 Å². The van der Waals surface area contributed by atoms with Crippen LogP contribution in [0.3, 0.4) is 0 Å². The summed E-state index contributed by atoms with van der Waals surface area (Å²) in [5.74, 6) is 0.798. The van der Waals surface area contributed by atoms with Gasteiger partial charge in [0, 0.05) is 23.6 Å². The lowest BCUT2D eigenvalue weighted by atomic mass is 10.1. The maximum atomic E-state index is 11.8. The molecule has 1 heterocycles. The van der Waals surface area contributed by atoms with Crippen LogP contribution in [-0.4, -0.2) is 24.4 Å². The van der Waals surface area contributed by atoms with Gasteiger partial charge >= 0.3 is 0 Å². The van der Waals surface area contributed by atoms with Gasteiger partial charge in [0.25, 0.3) is 0 Å². The van der Waals surface area contributed by atoms with Crippen LogP contribution in [0.25, 0.3) is 10.9 Å². The van der Waals surface area contributed by atoms with Gasteiger partial charge in [0.2, 0.25) is 0 Å². The largest absolute Gasteiger partial charge is 0.495 e. The number of ether oxygens (including phenoxy) is 1. The van der Waals surface area contributed by atoms with Crippen LogP contribution in [0.2, 0.25) is 0 Å². The van der Waals surface area contributed by atoms with Crippen LogP contribution in [0.4, 0.5) is 0 Å². The van der Waals surface area contributed by atoms with Gasteiger partial charge in [-0.1, -0.05) is 12.1 Å². The molecule has 1 aromatic carbocycles. The Kier molecular flexibility index (Phi) is 2.92. The molecule has 0 unspecified atom stereocenters. The summed E-state index contributed by atoms with van der Waals surface area (Å²) >= 11 is 0. The zero-order chi connectivity index (χ0) is 11.5. The summed E-state index contributed by atoms with van der Waals surface area (Å²) in [5.41, 5.74) is 6.91. The van der Waals surface area contributed by atoms with E-state index in [2.05, 4.69) is 4.98 Å². The molecule has 3 N–H and O–H groups in total. The zero-order valence-electron chi connectivity index (χ0n) is 9.12. The maximum absolute atomic E-state index is 11.8. The number of aromatic amines is 1. The van der Waals surface area contributed by atoms with Crippen molar-refractivity contribution in [2.24, 2.45) is 5.73 Å². The lowest BCUT2D eigenvalue weighted by molar-refractivity contribution is 0.0987. The molecule has 0 spiro atoms. The first kappa shape index (κ1) is 10.7. The molecule has 0 amide bonds. The second kappa shape index (κ2) is 4.37. The van der Waals surface area contributed by atoms with Crippen LogP contribution >= 0.6 is 0 Å².